The van der Waals surface area contributed by atoms with Crippen LogP contribution in [-0.4, -0.2) is 5.11 Å². The highest BCUT2D eigenvalue weighted by molar-refractivity contribution is 14.1. The molecule has 94 valence electrons. The zero-order valence-electron chi connectivity index (χ0n) is 9.57. The first kappa shape index (κ1) is 13.3. The summed E-state index contributed by atoms with van der Waals surface area (Å²) in [6.45, 7) is 0.153. The molecule has 0 saturated carbocycles. The lowest BCUT2D eigenvalue weighted by Crippen LogP contribution is -2.00. The molecule has 2 nitrogen and oxygen atoms in total. The van der Waals surface area contributed by atoms with Gasteiger partial charge in [0.15, 0.2) is 11.6 Å². The Balaban J connectivity index is 2.13. The Morgan fingerprint density at radius 3 is 2.50 bits per heavy atom. The highest BCUT2D eigenvalue weighted by Gasteiger charge is 2.11. The number of rotatable bonds is 4. The van der Waals surface area contributed by atoms with Gasteiger partial charge in [0, 0.05) is 0 Å². The van der Waals surface area contributed by atoms with Gasteiger partial charge in [-0.05, 0) is 39.8 Å². The van der Waals surface area contributed by atoms with Crippen LogP contribution in [0.1, 0.15) is 11.1 Å². The Hall–Kier alpha value is -1.14. The van der Waals surface area contributed by atoms with Crippen molar-refractivity contribution in [2.45, 2.75) is 13.2 Å². The number of hydrogen-bond donors (Lipinski definition) is 1. The smallest absolute Gasteiger partial charge is 0.178 e. The first-order valence-electron chi connectivity index (χ1n) is 5.47. The van der Waals surface area contributed by atoms with Crippen LogP contribution in [0.15, 0.2) is 42.5 Å². The van der Waals surface area contributed by atoms with Crippen LogP contribution < -0.4 is 4.74 Å². The molecular formula is C14H12FIO2. The standard InChI is InChI=1S/C14H12FIO2/c15-13-12(7-6-11(8-17)14(13)16)18-9-10-4-2-1-3-5-10/h1-7,17H,8-9H2. The number of halogens is 2. The van der Waals surface area contributed by atoms with Crippen LogP contribution in [0, 0.1) is 9.39 Å². The van der Waals surface area contributed by atoms with Crippen LogP contribution >= 0.6 is 22.6 Å². The molecule has 2 aromatic rings. The lowest BCUT2D eigenvalue weighted by molar-refractivity contribution is 0.275. The van der Waals surface area contributed by atoms with Crippen molar-refractivity contribution in [1.29, 1.82) is 0 Å². The number of aliphatic hydroxyl groups is 1. The first-order chi connectivity index (χ1) is 8.72. The Kier molecular flexibility index (Phi) is 4.54. The van der Waals surface area contributed by atoms with Crippen molar-refractivity contribution in [3.8, 4) is 5.75 Å². The second-order valence-electron chi connectivity index (χ2n) is 3.78. The third kappa shape index (κ3) is 3.00. The van der Waals surface area contributed by atoms with Crippen molar-refractivity contribution in [3.63, 3.8) is 0 Å². The fourth-order valence-corrected chi connectivity index (χ4v) is 2.16. The number of benzene rings is 2. The molecule has 0 aliphatic heterocycles. The minimum atomic E-state index is -0.418. The Labute approximate surface area is 119 Å². The van der Waals surface area contributed by atoms with E-state index in [2.05, 4.69) is 0 Å². The van der Waals surface area contributed by atoms with E-state index in [0.717, 1.165) is 5.56 Å². The minimum absolute atomic E-state index is 0.172. The highest BCUT2D eigenvalue weighted by Crippen LogP contribution is 2.26. The molecule has 0 atom stereocenters. The van der Waals surface area contributed by atoms with Gasteiger partial charge in [0.25, 0.3) is 0 Å². The van der Waals surface area contributed by atoms with E-state index >= 15 is 0 Å². The lowest BCUT2D eigenvalue weighted by atomic mass is 10.2. The molecule has 0 spiro atoms. The quantitative estimate of drug-likeness (QED) is 0.848. The molecular weight excluding hydrogens is 346 g/mol. The Morgan fingerprint density at radius 2 is 1.83 bits per heavy atom. The fraction of sp³-hybridized carbons (Fsp3) is 0.143. The SMILES string of the molecule is OCc1ccc(OCc2ccccc2)c(F)c1I. The molecule has 0 fully saturated rings. The summed E-state index contributed by atoms with van der Waals surface area (Å²) in [6, 6.07) is 12.8. The van der Waals surface area contributed by atoms with Gasteiger partial charge in [0.2, 0.25) is 0 Å². The molecule has 0 aromatic heterocycles. The van der Waals surface area contributed by atoms with Gasteiger partial charge in [-0.15, -0.1) is 0 Å². The van der Waals surface area contributed by atoms with E-state index in [1.807, 2.05) is 52.9 Å². The highest BCUT2D eigenvalue weighted by atomic mass is 127. The molecule has 0 aliphatic carbocycles. The van der Waals surface area contributed by atoms with Gasteiger partial charge in [-0.3, -0.25) is 0 Å². The van der Waals surface area contributed by atoms with Crippen molar-refractivity contribution in [2.24, 2.45) is 0 Å². The summed E-state index contributed by atoms with van der Waals surface area (Å²) < 4.78 is 19.8. The molecule has 0 bridgehead atoms. The molecule has 0 unspecified atom stereocenters. The molecule has 0 heterocycles. The van der Waals surface area contributed by atoms with Crippen LogP contribution in [0.2, 0.25) is 0 Å². The fourth-order valence-electron chi connectivity index (χ4n) is 1.54. The zero-order chi connectivity index (χ0) is 13.0. The third-order valence-corrected chi connectivity index (χ3v) is 3.70. The average Bonchev–Trinajstić information content (AvgIpc) is 2.42. The van der Waals surface area contributed by atoms with Gasteiger partial charge in [0.05, 0.1) is 10.2 Å². The summed E-state index contributed by atoms with van der Waals surface area (Å²) in [7, 11) is 0. The maximum atomic E-state index is 13.9. The molecule has 4 heteroatoms. The summed E-state index contributed by atoms with van der Waals surface area (Å²) >= 11 is 1.87. The molecule has 0 amide bonds. The molecule has 2 aromatic carbocycles. The first-order valence-corrected chi connectivity index (χ1v) is 6.54. The number of ether oxygens (including phenoxy) is 1. The van der Waals surface area contributed by atoms with Gasteiger partial charge < -0.3 is 9.84 Å². The number of aliphatic hydroxyl groups excluding tert-OH is 1. The van der Waals surface area contributed by atoms with Gasteiger partial charge in [-0.25, -0.2) is 4.39 Å². The molecule has 0 saturated heterocycles. The second kappa shape index (κ2) is 6.15. The monoisotopic (exact) mass is 358 g/mol. The summed E-state index contributed by atoms with van der Waals surface area (Å²) in [6.07, 6.45) is 0. The van der Waals surface area contributed by atoms with Crippen LogP contribution in [-0.2, 0) is 13.2 Å². The van der Waals surface area contributed by atoms with Gasteiger partial charge in [-0.2, -0.15) is 0 Å². The molecule has 0 aliphatic rings. The van der Waals surface area contributed by atoms with Gasteiger partial charge in [0.1, 0.15) is 6.61 Å². The van der Waals surface area contributed by atoms with Gasteiger partial charge >= 0.3 is 0 Å². The van der Waals surface area contributed by atoms with Crippen molar-refractivity contribution in [3.05, 3.63) is 63.0 Å². The van der Waals surface area contributed by atoms with Crippen molar-refractivity contribution in [2.75, 3.05) is 0 Å². The largest absolute Gasteiger partial charge is 0.486 e. The van der Waals surface area contributed by atoms with E-state index in [-0.39, 0.29) is 12.4 Å². The topological polar surface area (TPSA) is 29.5 Å². The van der Waals surface area contributed by atoms with Crippen LogP contribution in [0.5, 0.6) is 5.75 Å². The van der Waals surface area contributed by atoms with Crippen molar-refractivity contribution in [1.82, 2.24) is 0 Å². The van der Waals surface area contributed by atoms with E-state index < -0.39 is 5.82 Å². The van der Waals surface area contributed by atoms with E-state index in [9.17, 15) is 4.39 Å². The predicted octanol–water partition coefficient (Wildman–Crippen LogP) is 3.50. The predicted molar refractivity (Wildman–Crippen MR) is 75.8 cm³/mol. The number of hydrogen-bond acceptors (Lipinski definition) is 2. The van der Waals surface area contributed by atoms with E-state index in [0.29, 0.717) is 15.7 Å². The second-order valence-corrected chi connectivity index (χ2v) is 4.86. The minimum Gasteiger partial charge on any atom is -0.486 e. The molecule has 1 N–H and O–H groups in total. The maximum absolute atomic E-state index is 13.9. The Bertz CT molecular complexity index is 529. The summed E-state index contributed by atoms with van der Waals surface area (Å²) in [5.41, 5.74) is 1.55. The van der Waals surface area contributed by atoms with Crippen molar-refractivity contribution >= 4 is 22.6 Å². The van der Waals surface area contributed by atoms with Crippen LogP contribution in [0.25, 0.3) is 0 Å². The third-order valence-electron chi connectivity index (χ3n) is 2.53. The maximum Gasteiger partial charge on any atom is 0.178 e. The normalized spacial score (nSPS) is 10.4. The summed E-state index contributed by atoms with van der Waals surface area (Å²) in [5.74, 6) is -0.210. The molecule has 2 rings (SSSR count). The van der Waals surface area contributed by atoms with E-state index in [1.54, 1.807) is 12.1 Å². The van der Waals surface area contributed by atoms with Crippen LogP contribution in [0.3, 0.4) is 0 Å². The lowest BCUT2D eigenvalue weighted by Gasteiger charge is -2.10. The summed E-state index contributed by atoms with van der Waals surface area (Å²) in [4.78, 5) is 0. The van der Waals surface area contributed by atoms with Gasteiger partial charge in [-0.1, -0.05) is 36.4 Å². The average molecular weight is 358 g/mol. The molecule has 18 heavy (non-hydrogen) atoms. The zero-order valence-corrected chi connectivity index (χ0v) is 11.7. The van der Waals surface area contributed by atoms with E-state index in [4.69, 9.17) is 9.84 Å². The molecule has 0 radical (unpaired) electrons. The van der Waals surface area contributed by atoms with Crippen molar-refractivity contribution < 1.29 is 14.2 Å². The van der Waals surface area contributed by atoms with E-state index in [1.165, 1.54) is 0 Å². The van der Waals surface area contributed by atoms with Crippen LogP contribution in [0.4, 0.5) is 4.39 Å². The Morgan fingerprint density at radius 1 is 1.11 bits per heavy atom. The summed E-state index contributed by atoms with van der Waals surface area (Å²) in [5, 5.41) is 9.03.